The van der Waals surface area contributed by atoms with E-state index in [1.54, 1.807) is 30.5 Å². The average molecular weight is 396 g/mol. The fourth-order valence-electron chi connectivity index (χ4n) is 3.69. The zero-order valence-corrected chi connectivity index (χ0v) is 17.5. The normalized spacial score (nSPS) is 17.3. The van der Waals surface area contributed by atoms with Crippen LogP contribution in [0.3, 0.4) is 0 Å². The van der Waals surface area contributed by atoms with Crippen LogP contribution in [-0.4, -0.2) is 17.7 Å². The van der Waals surface area contributed by atoms with Gasteiger partial charge >= 0.3 is 0 Å². The van der Waals surface area contributed by atoms with Crippen molar-refractivity contribution >= 4 is 17.4 Å². The quantitative estimate of drug-likeness (QED) is 0.392. The molecule has 0 unspecified atom stereocenters. The predicted molar refractivity (Wildman–Crippen MR) is 116 cm³/mol. The molecule has 0 bridgehead atoms. The van der Waals surface area contributed by atoms with Gasteiger partial charge in [-0.15, -0.1) is 0 Å². The van der Waals surface area contributed by atoms with E-state index in [0.29, 0.717) is 17.3 Å². The Morgan fingerprint density at radius 2 is 1.59 bits per heavy atom. The second-order valence-corrected chi connectivity index (χ2v) is 7.88. The molecule has 29 heavy (non-hydrogen) atoms. The van der Waals surface area contributed by atoms with Crippen molar-refractivity contribution in [1.82, 2.24) is 5.32 Å². The highest BCUT2D eigenvalue weighted by atomic mass is 16.1. The van der Waals surface area contributed by atoms with Crippen LogP contribution in [0.1, 0.15) is 87.9 Å². The van der Waals surface area contributed by atoms with Crippen LogP contribution in [0.4, 0.5) is 5.69 Å². The third kappa shape index (κ3) is 8.51. The van der Waals surface area contributed by atoms with Crippen molar-refractivity contribution in [2.24, 2.45) is 0 Å². The van der Waals surface area contributed by atoms with Crippen LogP contribution in [0, 0.1) is 11.3 Å². The maximum Gasteiger partial charge on any atom is 0.267 e. The van der Waals surface area contributed by atoms with Crippen molar-refractivity contribution < 1.29 is 9.59 Å². The number of hydrogen-bond donors (Lipinski definition) is 2. The number of rotatable bonds is 5. The van der Waals surface area contributed by atoms with Crippen LogP contribution in [-0.2, 0) is 4.79 Å². The number of ketones is 1. The zero-order valence-electron chi connectivity index (χ0n) is 17.5. The minimum atomic E-state index is -0.464. The molecule has 0 atom stereocenters. The SMILES string of the molecule is CC(=O)c1cccc(NC(=O)/C(C#N)=C\NC2CCCCCCCCCCC2)c1. The summed E-state index contributed by atoms with van der Waals surface area (Å²) in [6, 6.07) is 9.03. The van der Waals surface area contributed by atoms with Gasteiger partial charge in [0.25, 0.3) is 5.91 Å². The van der Waals surface area contributed by atoms with Crippen molar-refractivity contribution in [2.75, 3.05) is 5.32 Å². The number of hydrogen-bond acceptors (Lipinski definition) is 4. The molecule has 2 N–H and O–H groups in total. The molecular weight excluding hydrogens is 362 g/mol. The van der Waals surface area contributed by atoms with E-state index in [-0.39, 0.29) is 11.4 Å². The Kier molecular flexibility index (Phi) is 9.99. The third-order valence-electron chi connectivity index (χ3n) is 5.46. The highest BCUT2D eigenvalue weighted by Gasteiger charge is 2.13. The molecule has 0 spiro atoms. The van der Waals surface area contributed by atoms with Crippen LogP contribution in [0.15, 0.2) is 36.0 Å². The summed E-state index contributed by atoms with van der Waals surface area (Å²) in [7, 11) is 0. The summed E-state index contributed by atoms with van der Waals surface area (Å²) < 4.78 is 0. The van der Waals surface area contributed by atoms with E-state index in [1.807, 2.05) is 6.07 Å². The first kappa shape index (κ1) is 22.7. The van der Waals surface area contributed by atoms with Gasteiger partial charge in [0.05, 0.1) is 0 Å². The van der Waals surface area contributed by atoms with Gasteiger partial charge < -0.3 is 10.6 Å². The Balaban J connectivity index is 1.95. The Morgan fingerprint density at radius 3 is 2.14 bits per heavy atom. The van der Waals surface area contributed by atoms with E-state index in [0.717, 1.165) is 12.8 Å². The molecule has 1 aliphatic rings. The summed E-state index contributed by atoms with van der Waals surface area (Å²) in [6.45, 7) is 1.48. The number of carbonyl (C=O) groups excluding carboxylic acids is 2. The fraction of sp³-hybridized carbons (Fsp3) is 0.542. The van der Waals surface area contributed by atoms with Gasteiger partial charge in [0, 0.05) is 23.5 Å². The molecule has 0 aromatic heterocycles. The predicted octanol–water partition coefficient (Wildman–Crippen LogP) is 5.50. The molecule has 156 valence electrons. The maximum atomic E-state index is 12.5. The Labute approximate surface area is 174 Å². The van der Waals surface area contributed by atoms with Crippen LogP contribution in [0.25, 0.3) is 0 Å². The molecule has 0 heterocycles. The van der Waals surface area contributed by atoms with Gasteiger partial charge in [-0.1, -0.05) is 69.9 Å². The Hall–Kier alpha value is -2.61. The monoisotopic (exact) mass is 395 g/mol. The van der Waals surface area contributed by atoms with E-state index >= 15 is 0 Å². The first-order valence-electron chi connectivity index (χ1n) is 10.9. The molecular formula is C24H33N3O2. The lowest BCUT2D eigenvalue weighted by Crippen LogP contribution is -2.26. The van der Waals surface area contributed by atoms with Gasteiger partial charge in [-0.25, -0.2) is 0 Å². The number of carbonyl (C=O) groups is 2. The second kappa shape index (κ2) is 12.8. The minimum absolute atomic E-state index is 0.0457. The topological polar surface area (TPSA) is 82.0 Å². The molecule has 1 amide bonds. The number of nitrogens with one attached hydrogen (secondary N) is 2. The standard InChI is InChI=1S/C24H33N3O2/c1-19(28)20-12-11-15-23(16-20)27-24(29)21(17-25)18-26-22-13-9-7-5-3-2-4-6-8-10-14-22/h11-12,15-16,18,22,26H,2-10,13-14H2,1H3,(H,27,29)/b21-18-. The molecule has 1 fully saturated rings. The van der Waals surface area contributed by atoms with Crippen molar-refractivity contribution in [2.45, 2.75) is 83.6 Å². The molecule has 1 aliphatic carbocycles. The number of nitrogens with zero attached hydrogens (tertiary/aromatic N) is 1. The van der Waals surface area contributed by atoms with Gasteiger partial charge in [-0.3, -0.25) is 9.59 Å². The molecule has 1 aromatic rings. The lowest BCUT2D eigenvalue weighted by atomic mass is 9.98. The van der Waals surface area contributed by atoms with Crippen molar-refractivity contribution in [3.8, 4) is 6.07 Å². The number of Topliss-reactive ketones (excluding diaryl/α,β-unsaturated/α-hetero) is 1. The van der Waals surface area contributed by atoms with Crippen molar-refractivity contribution in [3.63, 3.8) is 0 Å². The molecule has 1 aromatic carbocycles. The van der Waals surface area contributed by atoms with E-state index in [4.69, 9.17) is 0 Å². The summed E-state index contributed by atoms with van der Waals surface area (Å²) in [6.07, 6.45) is 15.2. The number of benzene rings is 1. The highest BCUT2D eigenvalue weighted by Crippen LogP contribution is 2.17. The van der Waals surface area contributed by atoms with E-state index < -0.39 is 5.91 Å². The van der Waals surface area contributed by atoms with Crippen molar-refractivity contribution in [1.29, 1.82) is 5.26 Å². The molecule has 1 saturated carbocycles. The van der Waals surface area contributed by atoms with Gasteiger partial charge in [0.1, 0.15) is 11.6 Å². The number of anilines is 1. The molecule has 2 rings (SSSR count). The van der Waals surface area contributed by atoms with Gasteiger partial charge in [0.2, 0.25) is 0 Å². The van der Waals surface area contributed by atoms with Crippen LogP contribution >= 0.6 is 0 Å². The van der Waals surface area contributed by atoms with Gasteiger partial charge in [-0.05, 0) is 31.9 Å². The first-order chi connectivity index (χ1) is 14.1. The maximum absolute atomic E-state index is 12.5. The summed E-state index contributed by atoms with van der Waals surface area (Å²) in [4.78, 5) is 24.0. The first-order valence-corrected chi connectivity index (χ1v) is 10.9. The zero-order chi connectivity index (χ0) is 20.9. The van der Waals surface area contributed by atoms with Crippen LogP contribution in [0.2, 0.25) is 0 Å². The molecule has 0 aliphatic heterocycles. The molecule has 0 saturated heterocycles. The van der Waals surface area contributed by atoms with Crippen molar-refractivity contribution in [3.05, 3.63) is 41.6 Å². The second-order valence-electron chi connectivity index (χ2n) is 7.88. The highest BCUT2D eigenvalue weighted by molar-refractivity contribution is 6.07. The number of amides is 1. The van der Waals surface area contributed by atoms with E-state index in [2.05, 4.69) is 10.6 Å². The Bertz CT molecular complexity index is 737. The fourth-order valence-corrected chi connectivity index (χ4v) is 3.69. The van der Waals surface area contributed by atoms with Gasteiger partial charge in [-0.2, -0.15) is 5.26 Å². The molecule has 5 nitrogen and oxygen atoms in total. The average Bonchev–Trinajstić information content (AvgIpc) is 2.70. The third-order valence-corrected chi connectivity index (χ3v) is 5.46. The summed E-state index contributed by atoms with van der Waals surface area (Å²) in [5.74, 6) is -0.532. The van der Waals surface area contributed by atoms with Gasteiger partial charge in [0.15, 0.2) is 5.78 Å². The number of nitriles is 1. The summed E-state index contributed by atoms with van der Waals surface area (Å²) in [5.41, 5.74) is 1.08. The van der Waals surface area contributed by atoms with E-state index in [1.165, 1.54) is 64.7 Å². The van der Waals surface area contributed by atoms with E-state index in [9.17, 15) is 14.9 Å². The minimum Gasteiger partial charge on any atom is -0.387 e. The molecule has 5 heteroatoms. The summed E-state index contributed by atoms with van der Waals surface area (Å²) >= 11 is 0. The largest absolute Gasteiger partial charge is 0.387 e. The van der Waals surface area contributed by atoms with Crippen LogP contribution in [0.5, 0.6) is 0 Å². The lowest BCUT2D eigenvalue weighted by molar-refractivity contribution is -0.112. The van der Waals surface area contributed by atoms with Crippen LogP contribution < -0.4 is 10.6 Å². The molecule has 0 radical (unpaired) electrons. The Morgan fingerprint density at radius 1 is 1.00 bits per heavy atom. The lowest BCUT2D eigenvalue weighted by Gasteiger charge is -2.18. The summed E-state index contributed by atoms with van der Waals surface area (Å²) in [5, 5.41) is 15.5. The smallest absolute Gasteiger partial charge is 0.267 e.